The molecule has 0 bridgehead atoms. The molecule has 2 N–H and O–H groups in total. The lowest BCUT2D eigenvalue weighted by molar-refractivity contribution is 0.260. The Kier molecular flexibility index (Phi) is 8.31. The lowest BCUT2D eigenvalue weighted by Crippen LogP contribution is -2.19. The number of carbonyl (C=O) groups excluding carboxylic acids is 1. The van der Waals surface area contributed by atoms with E-state index in [-0.39, 0.29) is 0 Å². The Balaban J connectivity index is 2.17. The highest BCUT2D eigenvalue weighted by atomic mass is 32.2. The topological polar surface area (TPSA) is 92.6 Å². The molecular weight excluding hydrogens is 378 g/mol. The molecule has 0 saturated heterocycles. The maximum atomic E-state index is 12.3. The number of benzene rings is 2. The van der Waals surface area contributed by atoms with E-state index < -0.39 is 6.03 Å². The van der Waals surface area contributed by atoms with Crippen molar-refractivity contribution in [2.24, 2.45) is 0 Å². The summed E-state index contributed by atoms with van der Waals surface area (Å²) in [6, 6.07) is 9.98. The Labute approximate surface area is 169 Å². The maximum absolute atomic E-state index is 12.3. The predicted octanol–water partition coefficient (Wildman–Crippen LogP) is 5.10. The summed E-state index contributed by atoms with van der Waals surface area (Å²) >= 11 is 1.06. The van der Waals surface area contributed by atoms with Crippen molar-refractivity contribution in [2.45, 2.75) is 25.7 Å². The quantitative estimate of drug-likeness (QED) is 0.449. The van der Waals surface area contributed by atoms with Crippen LogP contribution in [0.3, 0.4) is 0 Å². The fraction of sp³-hybridized carbons (Fsp3) is 0.300. The van der Waals surface area contributed by atoms with Gasteiger partial charge in [-0.25, -0.2) is 4.79 Å². The summed E-state index contributed by atoms with van der Waals surface area (Å²) in [6.07, 6.45) is 0. The van der Waals surface area contributed by atoms with Gasteiger partial charge in [0, 0.05) is 22.7 Å². The van der Waals surface area contributed by atoms with Crippen molar-refractivity contribution in [3.8, 4) is 22.6 Å². The lowest BCUT2D eigenvalue weighted by Gasteiger charge is -2.17. The first kappa shape index (κ1) is 21.3. The third kappa shape index (κ3) is 5.99. The molecule has 2 rings (SSSR count). The van der Waals surface area contributed by atoms with Gasteiger partial charge in [-0.15, -0.1) is 0 Å². The van der Waals surface area contributed by atoms with Crippen molar-refractivity contribution in [3.05, 3.63) is 36.4 Å². The number of nitrogens with zero attached hydrogens (tertiary/aromatic N) is 1. The summed E-state index contributed by atoms with van der Waals surface area (Å²) in [4.78, 5) is 13.2. The van der Waals surface area contributed by atoms with Crippen molar-refractivity contribution >= 4 is 29.2 Å². The molecule has 2 aromatic rings. The fourth-order valence-corrected chi connectivity index (χ4v) is 2.79. The van der Waals surface area contributed by atoms with Gasteiger partial charge in [-0.2, -0.15) is 5.26 Å². The van der Waals surface area contributed by atoms with Gasteiger partial charge in [0.05, 0.1) is 25.5 Å². The summed E-state index contributed by atoms with van der Waals surface area (Å²) in [5.41, 5.74) is 1.13. The number of urea groups is 1. The molecular formula is C20H23N3O4S. The number of nitrogens with one attached hydrogen (secondary N) is 2. The number of hydrogen-bond acceptors (Lipinski definition) is 6. The first-order valence-electron chi connectivity index (χ1n) is 8.91. The Morgan fingerprint density at radius 3 is 1.96 bits per heavy atom. The lowest BCUT2D eigenvalue weighted by atomic mass is 10.2. The van der Waals surface area contributed by atoms with Gasteiger partial charge in [0.15, 0.2) is 11.5 Å². The molecule has 2 aromatic carbocycles. The van der Waals surface area contributed by atoms with Crippen molar-refractivity contribution in [3.63, 3.8) is 0 Å². The number of nitriles is 1. The summed E-state index contributed by atoms with van der Waals surface area (Å²) in [7, 11) is 0. The average molecular weight is 401 g/mol. The molecule has 8 heteroatoms. The Morgan fingerprint density at radius 2 is 1.46 bits per heavy atom. The highest BCUT2D eigenvalue weighted by Gasteiger charge is 2.16. The summed E-state index contributed by atoms with van der Waals surface area (Å²) in [6.45, 7) is 7.00. The highest BCUT2D eigenvalue weighted by Crippen LogP contribution is 2.40. The van der Waals surface area contributed by atoms with E-state index in [0.29, 0.717) is 48.4 Å². The van der Waals surface area contributed by atoms with Crippen molar-refractivity contribution in [1.82, 2.24) is 0 Å². The zero-order chi connectivity index (χ0) is 20.4. The average Bonchev–Trinajstić information content (AvgIpc) is 2.66. The van der Waals surface area contributed by atoms with Gasteiger partial charge in [-0.1, -0.05) is 0 Å². The number of amides is 2. The van der Waals surface area contributed by atoms with Crippen molar-refractivity contribution in [2.75, 3.05) is 30.5 Å². The van der Waals surface area contributed by atoms with Crippen LogP contribution < -0.4 is 24.8 Å². The summed E-state index contributed by atoms with van der Waals surface area (Å²) in [5, 5.41) is 16.2. The van der Waals surface area contributed by atoms with E-state index in [4.69, 9.17) is 19.5 Å². The second kappa shape index (κ2) is 10.9. The van der Waals surface area contributed by atoms with E-state index in [1.54, 1.807) is 36.4 Å². The Bertz CT molecular complexity index is 807. The van der Waals surface area contributed by atoms with Crippen LogP contribution in [0.5, 0.6) is 17.2 Å². The number of rotatable bonds is 9. The minimum absolute atomic E-state index is 0.408. The summed E-state index contributed by atoms with van der Waals surface area (Å²) < 4.78 is 17.0. The first-order valence-corrected chi connectivity index (χ1v) is 9.73. The molecule has 0 spiro atoms. The van der Waals surface area contributed by atoms with Crippen LogP contribution in [-0.2, 0) is 0 Å². The van der Waals surface area contributed by atoms with Crippen LogP contribution in [0.4, 0.5) is 16.2 Å². The van der Waals surface area contributed by atoms with Crippen LogP contribution in [-0.4, -0.2) is 25.9 Å². The van der Waals surface area contributed by atoms with Gasteiger partial charge in [0.2, 0.25) is 5.75 Å². The zero-order valence-corrected chi connectivity index (χ0v) is 16.9. The second-order valence-corrected chi connectivity index (χ2v) is 6.26. The number of hydrogen-bond donors (Lipinski definition) is 2. The number of thiocyanates is 1. The molecule has 28 heavy (non-hydrogen) atoms. The van der Waals surface area contributed by atoms with Crippen LogP contribution in [0.2, 0.25) is 0 Å². The van der Waals surface area contributed by atoms with E-state index in [9.17, 15) is 4.79 Å². The van der Waals surface area contributed by atoms with Gasteiger partial charge in [0.1, 0.15) is 5.40 Å². The Morgan fingerprint density at radius 1 is 0.929 bits per heavy atom. The molecule has 0 atom stereocenters. The SMILES string of the molecule is CCOc1cc(NC(=O)Nc2ccc(SC#N)cc2)cc(OCC)c1OCC. The third-order valence-electron chi connectivity index (χ3n) is 3.44. The Hall–Kier alpha value is -3.05. The number of carbonyl (C=O) groups is 1. The number of thioether (sulfide) groups is 1. The molecule has 0 fully saturated rings. The van der Waals surface area contributed by atoms with Crippen LogP contribution in [0.1, 0.15) is 20.8 Å². The second-order valence-electron chi connectivity index (χ2n) is 5.40. The highest BCUT2D eigenvalue weighted by molar-refractivity contribution is 8.03. The van der Waals surface area contributed by atoms with Crippen molar-refractivity contribution in [1.29, 1.82) is 5.26 Å². The maximum Gasteiger partial charge on any atom is 0.323 e. The molecule has 2 amide bonds. The molecule has 0 radical (unpaired) electrons. The first-order chi connectivity index (χ1) is 13.6. The normalized spacial score (nSPS) is 9.93. The molecule has 0 heterocycles. The number of ether oxygens (including phenoxy) is 3. The largest absolute Gasteiger partial charge is 0.490 e. The van der Waals surface area contributed by atoms with Crippen LogP contribution in [0.15, 0.2) is 41.3 Å². The summed E-state index contributed by atoms with van der Waals surface area (Å²) in [5.74, 6) is 1.52. The monoisotopic (exact) mass is 401 g/mol. The van der Waals surface area contributed by atoms with E-state index in [0.717, 1.165) is 16.7 Å². The molecule has 0 aliphatic carbocycles. The van der Waals surface area contributed by atoms with Crippen LogP contribution in [0.25, 0.3) is 0 Å². The molecule has 0 unspecified atom stereocenters. The van der Waals surface area contributed by atoms with Gasteiger partial charge in [-0.05, 0) is 56.8 Å². The van der Waals surface area contributed by atoms with Gasteiger partial charge in [-0.3, -0.25) is 0 Å². The van der Waals surface area contributed by atoms with Crippen molar-refractivity contribution < 1.29 is 19.0 Å². The van der Waals surface area contributed by atoms with Crippen LogP contribution in [0, 0.1) is 10.7 Å². The number of anilines is 2. The van der Waals surface area contributed by atoms with Gasteiger partial charge < -0.3 is 24.8 Å². The molecule has 148 valence electrons. The molecule has 0 aliphatic rings. The van der Waals surface area contributed by atoms with Crippen LogP contribution >= 0.6 is 11.8 Å². The van der Waals surface area contributed by atoms with Gasteiger partial charge in [0.25, 0.3) is 0 Å². The zero-order valence-electron chi connectivity index (χ0n) is 16.1. The van der Waals surface area contributed by atoms with Gasteiger partial charge >= 0.3 is 6.03 Å². The molecule has 0 aromatic heterocycles. The smallest absolute Gasteiger partial charge is 0.323 e. The fourth-order valence-electron chi connectivity index (χ4n) is 2.41. The molecule has 0 aliphatic heterocycles. The molecule has 7 nitrogen and oxygen atoms in total. The third-order valence-corrected chi connectivity index (χ3v) is 4.04. The van der Waals surface area contributed by atoms with E-state index in [2.05, 4.69) is 10.6 Å². The minimum Gasteiger partial charge on any atom is -0.490 e. The van der Waals surface area contributed by atoms with E-state index in [1.807, 2.05) is 26.2 Å². The van der Waals surface area contributed by atoms with E-state index in [1.165, 1.54) is 0 Å². The van der Waals surface area contributed by atoms with E-state index >= 15 is 0 Å². The molecule has 0 saturated carbocycles. The predicted molar refractivity (Wildman–Crippen MR) is 111 cm³/mol. The minimum atomic E-state index is -0.408. The standard InChI is InChI=1S/C20H23N3O4S/c1-4-25-17-11-15(12-18(26-5-2)19(17)27-6-3)23-20(24)22-14-7-9-16(10-8-14)28-13-21/h7-12H,4-6H2,1-3H3,(H2,22,23,24).